The molecule has 3 unspecified atom stereocenters. The van der Waals surface area contributed by atoms with Crippen molar-refractivity contribution in [1.82, 2.24) is 0 Å². The highest BCUT2D eigenvalue weighted by atomic mass is 15.1. The smallest absolute Gasteiger partial charge is 0.197 e. The lowest BCUT2D eigenvalue weighted by Crippen LogP contribution is -2.73. The summed E-state index contributed by atoms with van der Waals surface area (Å²) in [7, 11) is 0. The molecule has 12 aromatic rings. The van der Waals surface area contributed by atoms with E-state index in [1.54, 1.807) is 0 Å². The van der Waals surface area contributed by atoms with Gasteiger partial charge in [-0.15, -0.1) is 0 Å². The van der Waals surface area contributed by atoms with Crippen LogP contribution in [0.3, 0.4) is 0 Å². The molecule has 0 bridgehead atoms. The molecule has 412 valence electrons. The molecule has 10 aromatic carbocycles. The molecule has 0 saturated carbocycles. The van der Waals surface area contributed by atoms with Gasteiger partial charge in [-0.2, -0.15) is 9.13 Å². The van der Waals surface area contributed by atoms with E-state index in [4.69, 9.17) is 0 Å². The van der Waals surface area contributed by atoms with Crippen LogP contribution in [-0.2, 0) is 17.5 Å². The van der Waals surface area contributed by atoms with E-state index in [-0.39, 0.29) is 16.9 Å². The summed E-state index contributed by atoms with van der Waals surface area (Å²) in [5.41, 5.74) is 32.2. The van der Waals surface area contributed by atoms with E-state index >= 15 is 0 Å². The first-order chi connectivity index (χ1) is 41.6. The van der Waals surface area contributed by atoms with Gasteiger partial charge in [-0.25, -0.2) is 0 Å². The molecule has 14 rings (SSSR count). The molecule has 0 saturated heterocycles. The van der Waals surface area contributed by atoms with Gasteiger partial charge in [0.05, 0.1) is 16.5 Å². The van der Waals surface area contributed by atoms with E-state index < -0.39 is 0 Å². The molecule has 0 amide bonds. The highest BCUT2D eigenvalue weighted by Crippen LogP contribution is 2.58. The van der Waals surface area contributed by atoms with Crippen LogP contribution in [0.4, 0.5) is 0 Å². The molecule has 2 aliphatic rings. The molecule has 3 atom stereocenters. The van der Waals surface area contributed by atoms with Crippen molar-refractivity contribution in [2.75, 3.05) is 0 Å². The van der Waals surface area contributed by atoms with Crippen molar-refractivity contribution in [3.05, 3.63) is 301 Å². The Labute approximate surface area is 503 Å². The van der Waals surface area contributed by atoms with Gasteiger partial charge in [0.1, 0.15) is 5.92 Å². The zero-order valence-corrected chi connectivity index (χ0v) is 50.0. The van der Waals surface area contributed by atoms with Crippen molar-refractivity contribution in [3.8, 4) is 112 Å². The summed E-state index contributed by atoms with van der Waals surface area (Å²) in [6.07, 6.45) is 6.66. The van der Waals surface area contributed by atoms with Crippen LogP contribution in [0.2, 0.25) is 0 Å². The van der Waals surface area contributed by atoms with Crippen molar-refractivity contribution >= 4 is 0 Å². The van der Waals surface area contributed by atoms with Crippen molar-refractivity contribution in [2.45, 2.75) is 84.7 Å². The number of hydrogen-bond donors (Lipinski definition) is 0. The molecule has 2 aromatic heterocycles. The summed E-state index contributed by atoms with van der Waals surface area (Å²) in [4.78, 5) is 0. The molecule has 0 spiro atoms. The second kappa shape index (κ2) is 21.6. The number of aromatic nitrogens is 2. The second-order valence-corrected chi connectivity index (χ2v) is 24.1. The number of benzene rings is 10. The first-order valence-corrected chi connectivity index (χ1v) is 30.6. The van der Waals surface area contributed by atoms with E-state index in [1.165, 1.54) is 145 Å². The van der Waals surface area contributed by atoms with E-state index in [0.717, 1.165) is 19.4 Å². The molecule has 2 aliphatic heterocycles. The Hall–Kier alpha value is -9.50. The van der Waals surface area contributed by atoms with E-state index in [1.807, 2.05) is 0 Å². The number of rotatable bonds is 11. The quantitative estimate of drug-likeness (QED) is 0.114. The van der Waals surface area contributed by atoms with Crippen molar-refractivity contribution in [3.63, 3.8) is 0 Å². The molecular weight excluding hydrogens is 1020 g/mol. The normalized spacial score (nSPS) is 16.7. The first kappa shape index (κ1) is 53.5. The Balaban J connectivity index is 0.969. The number of hydrogen-bond acceptors (Lipinski definition) is 0. The fraction of sp³-hybridized carbons (Fsp3) is 0.157. The Kier molecular flexibility index (Phi) is 13.6. The molecule has 2 heteroatoms. The third-order valence-electron chi connectivity index (χ3n) is 20.0. The van der Waals surface area contributed by atoms with Crippen LogP contribution in [0.25, 0.3) is 112 Å². The SMILES string of the molecule is CCC1(C)c2ccc(-c3cccc(-c4c(C)c(-c5cc(-c6ccccc6)c(C)c(-c6ccccc6)c5)cc(-c5cc(-c6ccccc6)c(C)c(-c6ccccc6)c5)c4C)c3)cc2-c2cccc[n+]2C1(CC)C1C[n+]2ccccc2-c2ccccc21. The third kappa shape index (κ3) is 8.75. The first-order valence-electron chi connectivity index (χ1n) is 30.6. The summed E-state index contributed by atoms with van der Waals surface area (Å²) in [6.45, 7) is 17.6. The Morgan fingerprint density at radius 3 is 1.31 bits per heavy atom. The summed E-state index contributed by atoms with van der Waals surface area (Å²) < 4.78 is 5.22. The summed E-state index contributed by atoms with van der Waals surface area (Å²) in [6, 6.07) is 95.7. The van der Waals surface area contributed by atoms with Crippen LogP contribution in [0, 0.1) is 27.7 Å². The Morgan fingerprint density at radius 1 is 0.341 bits per heavy atom. The van der Waals surface area contributed by atoms with Gasteiger partial charge in [0.25, 0.3) is 0 Å². The fourth-order valence-electron chi connectivity index (χ4n) is 15.6. The minimum Gasteiger partial charge on any atom is -0.197 e. The Bertz CT molecular complexity index is 4240. The van der Waals surface area contributed by atoms with E-state index in [9.17, 15) is 0 Å². The van der Waals surface area contributed by atoms with Gasteiger partial charge in [-0.1, -0.05) is 184 Å². The Morgan fingerprint density at radius 2 is 0.776 bits per heavy atom. The maximum Gasteiger partial charge on any atom is 0.213 e. The van der Waals surface area contributed by atoms with Gasteiger partial charge in [-0.3, -0.25) is 0 Å². The van der Waals surface area contributed by atoms with Crippen LogP contribution < -0.4 is 9.13 Å². The average molecular weight is 1100 g/mol. The predicted octanol–water partition coefficient (Wildman–Crippen LogP) is 20.7. The maximum atomic E-state index is 2.71. The molecule has 0 N–H and O–H groups in total. The van der Waals surface area contributed by atoms with Gasteiger partial charge >= 0.3 is 0 Å². The molecule has 0 radical (unpaired) electrons. The number of fused-ring (bicyclic) bond motifs is 6. The zero-order valence-electron chi connectivity index (χ0n) is 50.0. The summed E-state index contributed by atoms with van der Waals surface area (Å²) in [5, 5.41) is 0. The van der Waals surface area contributed by atoms with Crippen LogP contribution in [0.1, 0.15) is 72.9 Å². The standard InChI is InChI=1S/C83H72N2/c1-8-82(7)77-44-43-64(48-76(77)80-42-25-27-46-85(80)83(82,9-2)78-54-84-45-26-24-41-79(84)69-40-23-22-39-68(69)78)63-37-28-38-65(47-63)81-57(5)74(66-49-70(59-29-14-10-15-30-59)55(3)71(50-66)60-31-16-11-17-32-60)53-75(58(81)6)67-51-72(61-33-18-12-19-34-61)56(4)73(52-67)62-35-20-13-21-36-62/h10-53,78H,8-9,54H2,1-7H3/q+2. The lowest BCUT2D eigenvalue weighted by molar-refractivity contribution is -0.787. The van der Waals surface area contributed by atoms with Crippen LogP contribution in [-0.4, -0.2) is 0 Å². The van der Waals surface area contributed by atoms with Crippen LogP contribution in [0.15, 0.2) is 267 Å². The molecule has 0 fully saturated rings. The predicted molar refractivity (Wildman–Crippen MR) is 355 cm³/mol. The number of nitrogens with zero attached hydrogens (tertiary/aromatic N) is 2. The molecule has 0 aliphatic carbocycles. The zero-order chi connectivity index (χ0) is 58.0. The van der Waals surface area contributed by atoms with Gasteiger partial charge in [0.15, 0.2) is 24.5 Å². The molecule has 4 heterocycles. The highest BCUT2D eigenvalue weighted by Gasteiger charge is 2.65. The highest BCUT2D eigenvalue weighted by molar-refractivity contribution is 5.95. The fourth-order valence-corrected chi connectivity index (χ4v) is 15.6. The van der Waals surface area contributed by atoms with E-state index in [2.05, 4.69) is 325 Å². The minimum absolute atomic E-state index is 0.209. The van der Waals surface area contributed by atoms with Gasteiger partial charge in [-0.05, 0) is 224 Å². The van der Waals surface area contributed by atoms with Crippen LogP contribution in [0.5, 0.6) is 0 Å². The minimum atomic E-state index is -0.260. The maximum absolute atomic E-state index is 2.71. The topological polar surface area (TPSA) is 7.76 Å². The largest absolute Gasteiger partial charge is 0.213 e. The lowest BCUT2D eigenvalue weighted by Gasteiger charge is -2.51. The van der Waals surface area contributed by atoms with Crippen molar-refractivity contribution in [2.24, 2.45) is 0 Å². The lowest BCUT2D eigenvalue weighted by atomic mass is 9.53. The molecule has 85 heavy (non-hydrogen) atoms. The van der Waals surface area contributed by atoms with Crippen molar-refractivity contribution in [1.29, 1.82) is 0 Å². The molecular formula is C83H72N2+2. The third-order valence-corrected chi connectivity index (χ3v) is 20.0. The van der Waals surface area contributed by atoms with Crippen molar-refractivity contribution < 1.29 is 9.13 Å². The summed E-state index contributed by atoms with van der Waals surface area (Å²) in [5.74, 6) is 0.228. The monoisotopic (exact) mass is 1100 g/mol. The average Bonchev–Trinajstić information content (AvgIpc) is 0.805. The van der Waals surface area contributed by atoms with Crippen LogP contribution >= 0.6 is 0 Å². The molecule has 2 nitrogen and oxygen atoms in total. The number of pyridine rings is 2. The van der Waals surface area contributed by atoms with Gasteiger partial charge < -0.3 is 0 Å². The van der Waals surface area contributed by atoms with Gasteiger partial charge in [0, 0.05) is 30.7 Å². The second-order valence-electron chi connectivity index (χ2n) is 24.1. The van der Waals surface area contributed by atoms with E-state index in [0.29, 0.717) is 0 Å². The van der Waals surface area contributed by atoms with Gasteiger partial charge in [0.2, 0.25) is 11.4 Å². The summed E-state index contributed by atoms with van der Waals surface area (Å²) >= 11 is 0.